The molecule has 0 aliphatic heterocycles. The molecule has 0 amide bonds. The maximum Gasteiger partial charge on any atom is 0.196 e. The van der Waals surface area contributed by atoms with Gasteiger partial charge in [0.15, 0.2) is 10.9 Å². The highest BCUT2D eigenvalue weighted by molar-refractivity contribution is 7.99. The fraction of sp³-hybridized carbons (Fsp3) is 0.318. The molecule has 0 fully saturated rings. The summed E-state index contributed by atoms with van der Waals surface area (Å²) in [5.41, 5.74) is 4.23. The van der Waals surface area contributed by atoms with Crippen LogP contribution in [-0.2, 0) is 0 Å². The van der Waals surface area contributed by atoms with E-state index < -0.39 is 0 Å². The van der Waals surface area contributed by atoms with Crippen LogP contribution in [0.3, 0.4) is 0 Å². The van der Waals surface area contributed by atoms with E-state index in [-0.39, 0.29) is 5.78 Å². The summed E-state index contributed by atoms with van der Waals surface area (Å²) in [6.07, 6.45) is 1.09. The first kappa shape index (κ1) is 19.4. The lowest BCUT2D eigenvalue weighted by Gasteiger charge is -2.10. The van der Waals surface area contributed by atoms with Gasteiger partial charge in [-0.05, 0) is 43.9 Å². The van der Waals surface area contributed by atoms with Gasteiger partial charge in [0.1, 0.15) is 5.82 Å². The number of thioether (sulfide) groups is 1. The Balaban J connectivity index is 1.72. The van der Waals surface area contributed by atoms with E-state index in [9.17, 15) is 4.79 Å². The number of Topliss-reactive ketones (excluding diaryl/α,β-unsaturated/α-hetero) is 1. The average Bonchev–Trinajstić information content (AvgIpc) is 3.06. The second kappa shape index (κ2) is 8.53. The van der Waals surface area contributed by atoms with Gasteiger partial charge < -0.3 is 0 Å². The van der Waals surface area contributed by atoms with Gasteiger partial charge in [-0.15, -0.1) is 10.2 Å². The third-order valence-corrected chi connectivity index (χ3v) is 5.76. The van der Waals surface area contributed by atoms with Crippen molar-refractivity contribution in [1.82, 2.24) is 14.8 Å². The fourth-order valence-electron chi connectivity index (χ4n) is 2.87. The van der Waals surface area contributed by atoms with Gasteiger partial charge in [0.25, 0.3) is 0 Å². The molecule has 0 aliphatic carbocycles. The molecule has 0 bridgehead atoms. The third kappa shape index (κ3) is 4.48. The minimum Gasteiger partial charge on any atom is -0.293 e. The predicted octanol–water partition coefficient (Wildman–Crippen LogP) is 5.37. The Labute approximate surface area is 165 Å². The predicted molar refractivity (Wildman–Crippen MR) is 111 cm³/mol. The van der Waals surface area contributed by atoms with Crippen molar-refractivity contribution in [2.24, 2.45) is 0 Å². The number of carbonyl (C=O) groups excluding carboxylic acids is 1. The number of aryl methyl sites for hydroxylation is 2. The molecule has 3 aromatic rings. The van der Waals surface area contributed by atoms with Crippen molar-refractivity contribution in [2.75, 3.05) is 5.75 Å². The van der Waals surface area contributed by atoms with E-state index in [0.29, 0.717) is 11.7 Å². The van der Waals surface area contributed by atoms with E-state index >= 15 is 0 Å². The quantitative estimate of drug-likeness (QED) is 0.409. The third-order valence-electron chi connectivity index (χ3n) is 4.83. The zero-order valence-electron chi connectivity index (χ0n) is 16.3. The summed E-state index contributed by atoms with van der Waals surface area (Å²) < 4.78 is 1.99. The zero-order valence-corrected chi connectivity index (χ0v) is 17.1. The summed E-state index contributed by atoms with van der Waals surface area (Å²) in [5, 5.41) is 9.18. The number of ketones is 1. The molecule has 27 heavy (non-hydrogen) atoms. The van der Waals surface area contributed by atoms with Gasteiger partial charge in [0.2, 0.25) is 0 Å². The lowest BCUT2D eigenvalue weighted by molar-refractivity contribution is 0.102. The van der Waals surface area contributed by atoms with Crippen LogP contribution in [0, 0.1) is 13.8 Å². The Morgan fingerprint density at radius 1 is 1.04 bits per heavy atom. The SMILES string of the molecule is CC[C@H](C)c1ccc(C(=O)CSc2nnc(C)n2-c2ccc(C)cc2)cc1. The summed E-state index contributed by atoms with van der Waals surface area (Å²) >= 11 is 1.42. The first-order valence-corrected chi connectivity index (χ1v) is 10.2. The van der Waals surface area contributed by atoms with Crippen molar-refractivity contribution < 1.29 is 4.79 Å². The highest BCUT2D eigenvalue weighted by atomic mass is 32.2. The molecule has 3 rings (SSSR count). The lowest BCUT2D eigenvalue weighted by atomic mass is 9.97. The van der Waals surface area contributed by atoms with Crippen LogP contribution >= 0.6 is 11.8 Å². The smallest absolute Gasteiger partial charge is 0.196 e. The molecule has 1 aromatic heterocycles. The monoisotopic (exact) mass is 379 g/mol. The van der Waals surface area contributed by atoms with Gasteiger partial charge in [-0.2, -0.15) is 0 Å². The second-order valence-corrected chi connectivity index (χ2v) is 7.79. The maximum atomic E-state index is 12.6. The largest absolute Gasteiger partial charge is 0.293 e. The minimum atomic E-state index is 0.104. The minimum absolute atomic E-state index is 0.104. The van der Waals surface area contributed by atoms with Crippen molar-refractivity contribution in [3.05, 3.63) is 71.0 Å². The van der Waals surface area contributed by atoms with Crippen LogP contribution in [0.5, 0.6) is 0 Å². The van der Waals surface area contributed by atoms with Crippen LogP contribution in [0.25, 0.3) is 5.69 Å². The molecule has 1 atom stereocenters. The summed E-state index contributed by atoms with van der Waals surface area (Å²) in [4.78, 5) is 12.6. The van der Waals surface area contributed by atoms with Crippen LogP contribution in [0.4, 0.5) is 0 Å². The Morgan fingerprint density at radius 2 is 1.70 bits per heavy atom. The molecule has 4 nitrogen and oxygen atoms in total. The molecule has 0 saturated heterocycles. The van der Waals surface area contributed by atoms with E-state index in [1.165, 1.54) is 22.9 Å². The van der Waals surface area contributed by atoms with Crippen LogP contribution in [0.15, 0.2) is 53.7 Å². The maximum absolute atomic E-state index is 12.6. The summed E-state index contributed by atoms with van der Waals surface area (Å²) in [6.45, 7) is 8.36. The molecular formula is C22H25N3OS. The fourth-order valence-corrected chi connectivity index (χ4v) is 3.77. The number of rotatable bonds is 7. The van der Waals surface area contributed by atoms with Gasteiger partial charge >= 0.3 is 0 Å². The van der Waals surface area contributed by atoms with E-state index in [1.54, 1.807) is 0 Å². The lowest BCUT2D eigenvalue weighted by Crippen LogP contribution is -2.05. The van der Waals surface area contributed by atoms with Crippen molar-refractivity contribution in [3.63, 3.8) is 0 Å². The van der Waals surface area contributed by atoms with Gasteiger partial charge in [-0.25, -0.2) is 0 Å². The molecule has 5 heteroatoms. The summed E-state index contributed by atoms with van der Waals surface area (Å²) in [5.74, 6) is 1.77. The Morgan fingerprint density at radius 3 is 2.33 bits per heavy atom. The molecule has 0 aliphatic rings. The van der Waals surface area contributed by atoms with Crippen molar-refractivity contribution in [2.45, 2.75) is 45.2 Å². The number of hydrogen-bond donors (Lipinski definition) is 0. The van der Waals surface area contributed by atoms with Crippen LogP contribution in [-0.4, -0.2) is 26.3 Å². The molecule has 140 valence electrons. The number of carbonyl (C=O) groups is 1. The highest BCUT2D eigenvalue weighted by Crippen LogP contribution is 2.24. The average molecular weight is 380 g/mol. The summed E-state index contributed by atoms with van der Waals surface area (Å²) in [7, 11) is 0. The highest BCUT2D eigenvalue weighted by Gasteiger charge is 2.14. The van der Waals surface area contributed by atoms with Gasteiger partial charge in [-0.3, -0.25) is 9.36 Å². The number of aromatic nitrogens is 3. The topological polar surface area (TPSA) is 47.8 Å². The number of hydrogen-bond acceptors (Lipinski definition) is 4. The Kier molecular flexibility index (Phi) is 6.11. The first-order chi connectivity index (χ1) is 13.0. The molecule has 0 N–H and O–H groups in total. The molecular weight excluding hydrogens is 354 g/mol. The number of benzene rings is 2. The standard InChI is InChI=1S/C22H25N3OS/c1-5-16(3)18-8-10-19(11-9-18)21(26)14-27-22-24-23-17(4)25(22)20-12-6-15(2)7-13-20/h6-13,16H,5,14H2,1-4H3/t16-/m0/s1. The van der Waals surface area contributed by atoms with Crippen LogP contribution < -0.4 is 0 Å². The van der Waals surface area contributed by atoms with Crippen molar-refractivity contribution in [1.29, 1.82) is 0 Å². The van der Waals surface area contributed by atoms with Gasteiger partial charge in [0, 0.05) is 11.3 Å². The molecule has 0 saturated carbocycles. The van der Waals surface area contributed by atoms with Crippen molar-refractivity contribution in [3.8, 4) is 5.69 Å². The van der Waals surface area contributed by atoms with Crippen LogP contribution in [0.2, 0.25) is 0 Å². The molecule has 0 spiro atoms. The van der Waals surface area contributed by atoms with E-state index in [1.807, 2.05) is 35.8 Å². The van der Waals surface area contributed by atoms with Gasteiger partial charge in [0.05, 0.1) is 5.75 Å². The van der Waals surface area contributed by atoms with Gasteiger partial charge in [-0.1, -0.05) is 67.6 Å². The zero-order chi connectivity index (χ0) is 19.4. The first-order valence-electron chi connectivity index (χ1n) is 9.24. The van der Waals surface area contributed by atoms with E-state index in [0.717, 1.165) is 28.7 Å². The molecule has 2 aromatic carbocycles. The second-order valence-electron chi connectivity index (χ2n) is 6.84. The van der Waals surface area contributed by atoms with Crippen LogP contribution in [0.1, 0.15) is 53.5 Å². The normalized spacial score (nSPS) is 12.1. The van der Waals surface area contributed by atoms with E-state index in [2.05, 4.69) is 55.2 Å². The molecule has 0 unspecified atom stereocenters. The molecule has 0 radical (unpaired) electrons. The number of nitrogens with zero attached hydrogens (tertiary/aromatic N) is 3. The Hall–Kier alpha value is -2.40. The summed E-state index contributed by atoms with van der Waals surface area (Å²) in [6, 6.07) is 16.2. The molecule has 1 heterocycles. The Bertz CT molecular complexity index is 914. The van der Waals surface area contributed by atoms with Crippen molar-refractivity contribution >= 4 is 17.5 Å². The van der Waals surface area contributed by atoms with E-state index in [4.69, 9.17) is 0 Å².